The third-order valence-electron chi connectivity index (χ3n) is 4.39. The molecule has 1 aliphatic rings. The second kappa shape index (κ2) is 11.8. The van der Waals surface area contributed by atoms with E-state index in [1.807, 2.05) is 31.2 Å². The summed E-state index contributed by atoms with van der Waals surface area (Å²) in [7, 11) is 0. The molecule has 1 unspecified atom stereocenters. The van der Waals surface area contributed by atoms with E-state index in [9.17, 15) is 19.8 Å². The van der Waals surface area contributed by atoms with E-state index in [1.54, 1.807) is 12.2 Å². The highest BCUT2D eigenvalue weighted by Crippen LogP contribution is 2.33. The predicted octanol–water partition coefficient (Wildman–Crippen LogP) is 3.03. The Bertz CT molecular complexity index is 506. The molecule has 3 N–H and O–H groups in total. The molecule has 0 aromatic rings. The van der Waals surface area contributed by atoms with Gasteiger partial charge in [0.25, 0.3) is 0 Å². The van der Waals surface area contributed by atoms with E-state index in [4.69, 9.17) is 5.11 Å². The Hall–Kier alpha value is -1.72. The molecule has 0 radical (unpaired) electrons. The van der Waals surface area contributed by atoms with Crippen molar-refractivity contribution in [3.05, 3.63) is 36.5 Å². The first-order valence-corrected chi connectivity index (χ1v) is 9.04. The van der Waals surface area contributed by atoms with E-state index in [1.165, 1.54) is 0 Å². The van der Waals surface area contributed by atoms with Gasteiger partial charge in [0.05, 0.1) is 12.2 Å². The van der Waals surface area contributed by atoms with Crippen molar-refractivity contribution in [2.24, 2.45) is 11.8 Å². The lowest BCUT2D eigenvalue weighted by Gasteiger charge is -2.16. The smallest absolute Gasteiger partial charge is 0.303 e. The average Bonchev–Trinajstić information content (AvgIpc) is 2.82. The van der Waals surface area contributed by atoms with E-state index in [0.29, 0.717) is 25.7 Å². The van der Waals surface area contributed by atoms with Crippen molar-refractivity contribution in [2.75, 3.05) is 0 Å². The predicted molar refractivity (Wildman–Crippen MR) is 97.0 cm³/mol. The molecule has 5 heteroatoms. The Kier molecular flexibility index (Phi) is 10.0. The van der Waals surface area contributed by atoms with Gasteiger partial charge in [-0.2, -0.15) is 0 Å². The molecule has 1 fully saturated rings. The molecule has 0 aromatic carbocycles. The molecule has 5 nitrogen and oxygen atoms in total. The molecular weight excluding hydrogens is 320 g/mol. The fourth-order valence-electron chi connectivity index (χ4n) is 3.00. The molecule has 0 amide bonds. The largest absolute Gasteiger partial charge is 0.481 e. The standard InChI is InChI=1S/C20H30O5/c1-2-3-6-9-15(21)12-13-17-16(18(22)14-19(17)23)10-7-4-5-8-11-20(24)25/h3-4,6-7,12-13,15-17,19,21,23H,2,5,8-11,14H2,1H3,(H,24,25)/b6-3-,7-4-,13-12+/t15-,16+,17?,19+/m0/s1. The number of hydrogen-bond donors (Lipinski definition) is 3. The molecule has 0 heterocycles. The number of carboxylic acid groups (broad SMARTS) is 1. The van der Waals surface area contributed by atoms with Gasteiger partial charge in [0.2, 0.25) is 0 Å². The summed E-state index contributed by atoms with van der Waals surface area (Å²) in [4.78, 5) is 22.5. The van der Waals surface area contributed by atoms with Crippen LogP contribution < -0.4 is 0 Å². The van der Waals surface area contributed by atoms with Gasteiger partial charge in [0.1, 0.15) is 5.78 Å². The number of aliphatic hydroxyl groups is 2. The minimum absolute atomic E-state index is 0.0395. The van der Waals surface area contributed by atoms with Gasteiger partial charge in [0.15, 0.2) is 0 Å². The summed E-state index contributed by atoms with van der Waals surface area (Å²) in [5.74, 6) is -1.32. The van der Waals surface area contributed by atoms with Gasteiger partial charge in [-0.1, -0.05) is 43.4 Å². The topological polar surface area (TPSA) is 94.8 Å². The van der Waals surface area contributed by atoms with Gasteiger partial charge in [-0.15, -0.1) is 0 Å². The molecule has 0 aromatic heterocycles. The van der Waals surface area contributed by atoms with Crippen molar-refractivity contribution in [3.8, 4) is 0 Å². The molecular formula is C20H30O5. The lowest BCUT2D eigenvalue weighted by Crippen LogP contribution is -2.18. The van der Waals surface area contributed by atoms with Gasteiger partial charge >= 0.3 is 5.97 Å². The molecule has 140 valence electrons. The number of unbranched alkanes of at least 4 members (excludes halogenated alkanes) is 1. The van der Waals surface area contributed by atoms with Crippen LogP contribution in [0.3, 0.4) is 0 Å². The van der Waals surface area contributed by atoms with Gasteiger partial charge in [-0.3, -0.25) is 9.59 Å². The van der Waals surface area contributed by atoms with Crippen molar-refractivity contribution in [2.45, 2.75) is 64.1 Å². The number of ketones is 1. The Morgan fingerprint density at radius 2 is 2.04 bits per heavy atom. The Morgan fingerprint density at radius 3 is 2.72 bits per heavy atom. The third-order valence-corrected chi connectivity index (χ3v) is 4.39. The van der Waals surface area contributed by atoms with E-state index in [0.717, 1.165) is 6.42 Å². The minimum atomic E-state index is -0.806. The summed E-state index contributed by atoms with van der Waals surface area (Å²) < 4.78 is 0. The average molecular weight is 350 g/mol. The summed E-state index contributed by atoms with van der Waals surface area (Å²) in [5.41, 5.74) is 0. The van der Waals surface area contributed by atoms with Crippen LogP contribution in [0.15, 0.2) is 36.5 Å². The van der Waals surface area contributed by atoms with Gasteiger partial charge < -0.3 is 15.3 Å². The van der Waals surface area contributed by atoms with E-state index < -0.39 is 18.2 Å². The monoisotopic (exact) mass is 350 g/mol. The van der Waals surface area contributed by atoms with Crippen molar-refractivity contribution >= 4 is 11.8 Å². The van der Waals surface area contributed by atoms with Crippen LogP contribution in [0.1, 0.15) is 51.9 Å². The summed E-state index contributed by atoms with van der Waals surface area (Å²) in [6.45, 7) is 2.03. The number of Topliss-reactive ketones (excluding diaryl/α,β-unsaturated/α-hetero) is 1. The van der Waals surface area contributed by atoms with Crippen LogP contribution in [-0.2, 0) is 9.59 Å². The van der Waals surface area contributed by atoms with Crippen LogP contribution in [0.2, 0.25) is 0 Å². The lowest BCUT2D eigenvalue weighted by molar-refractivity contribution is -0.137. The highest BCUT2D eigenvalue weighted by Gasteiger charge is 2.39. The SMILES string of the molecule is CC/C=C\C[C@H](O)/C=C/C1[C@H](O)CC(=O)[C@@H]1C/C=C\CCCC(=O)O. The van der Waals surface area contributed by atoms with E-state index >= 15 is 0 Å². The molecule has 1 aliphatic carbocycles. The van der Waals surface area contributed by atoms with Crippen molar-refractivity contribution in [1.29, 1.82) is 0 Å². The molecule has 0 spiro atoms. The van der Waals surface area contributed by atoms with Crippen LogP contribution in [0, 0.1) is 11.8 Å². The van der Waals surface area contributed by atoms with Crippen molar-refractivity contribution in [3.63, 3.8) is 0 Å². The zero-order valence-corrected chi connectivity index (χ0v) is 14.9. The highest BCUT2D eigenvalue weighted by atomic mass is 16.4. The number of carbonyl (C=O) groups excluding carboxylic acids is 1. The summed E-state index contributed by atoms with van der Waals surface area (Å²) in [6, 6.07) is 0. The molecule has 1 saturated carbocycles. The van der Waals surface area contributed by atoms with Gasteiger partial charge in [0, 0.05) is 24.7 Å². The van der Waals surface area contributed by atoms with Crippen LogP contribution in [0.4, 0.5) is 0 Å². The molecule has 0 aliphatic heterocycles. The number of rotatable bonds is 11. The van der Waals surface area contributed by atoms with Crippen molar-refractivity contribution < 1.29 is 24.9 Å². The normalized spacial score (nSPS) is 25.6. The first-order valence-electron chi connectivity index (χ1n) is 9.04. The van der Waals surface area contributed by atoms with Crippen LogP contribution >= 0.6 is 0 Å². The fourth-order valence-corrected chi connectivity index (χ4v) is 3.00. The van der Waals surface area contributed by atoms with Gasteiger partial charge in [-0.05, 0) is 32.1 Å². The zero-order valence-electron chi connectivity index (χ0n) is 14.9. The zero-order chi connectivity index (χ0) is 18.7. The summed E-state index contributed by atoms with van der Waals surface area (Å²) >= 11 is 0. The first kappa shape index (κ1) is 21.3. The van der Waals surface area contributed by atoms with Crippen LogP contribution in [-0.4, -0.2) is 39.3 Å². The molecule has 0 saturated heterocycles. The summed E-state index contributed by atoms with van der Waals surface area (Å²) in [6.07, 6.45) is 13.3. The number of carboxylic acids is 1. The van der Waals surface area contributed by atoms with E-state index in [2.05, 4.69) is 0 Å². The quantitative estimate of drug-likeness (QED) is 0.393. The molecule has 0 bridgehead atoms. The fraction of sp³-hybridized carbons (Fsp3) is 0.600. The maximum Gasteiger partial charge on any atom is 0.303 e. The number of hydrogen-bond acceptors (Lipinski definition) is 4. The number of carbonyl (C=O) groups is 2. The molecule has 25 heavy (non-hydrogen) atoms. The maximum atomic E-state index is 12.1. The highest BCUT2D eigenvalue weighted by molar-refractivity contribution is 5.84. The van der Waals surface area contributed by atoms with Crippen molar-refractivity contribution in [1.82, 2.24) is 0 Å². The second-order valence-corrected chi connectivity index (χ2v) is 6.48. The lowest BCUT2D eigenvalue weighted by atomic mass is 9.90. The first-order chi connectivity index (χ1) is 12.0. The number of allylic oxidation sites excluding steroid dienone is 3. The molecule has 4 atom stereocenters. The Balaban J connectivity index is 2.52. The number of aliphatic hydroxyl groups excluding tert-OH is 2. The number of aliphatic carboxylic acids is 1. The Labute approximate surface area is 149 Å². The summed E-state index contributed by atoms with van der Waals surface area (Å²) in [5, 5.41) is 28.6. The maximum absolute atomic E-state index is 12.1. The molecule has 1 rings (SSSR count). The van der Waals surface area contributed by atoms with Crippen LogP contribution in [0.5, 0.6) is 0 Å². The Morgan fingerprint density at radius 1 is 1.28 bits per heavy atom. The van der Waals surface area contributed by atoms with Crippen LogP contribution in [0.25, 0.3) is 0 Å². The van der Waals surface area contributed by atoms with E-state index in [-0.39, 0.29) is 30.5 Å². The third kappa shape index (κ3) is 8.27. The van der Waals surface area contributed by atoms with Gasteiger partial charge in [-0.25, -0.2) is 0 Å². The second-order valence-electron chi connectivity index (χ2n) is 6.48. The minimum Gasteiger partial charge on any atom is -0.481 e.